The van der Waals surface area contributed by atoms with Crippen molar-refractivity contribution < 1.29 is 14.3 Å². The van der Waals surface area contributed by atoms with Crippen LogP contribution in [0.3, 0.4) is 0 Å². The molecule has 3 aromatic carbocycles. The summed E-state index contributed by atoms with van der Waals surface area (Å²) >= 11 is 0. The van der Waals surface area contributed by atoms with Crippen molar-refractivity contribution in [2.45, 2.75) is 45.4 Å². The van der Waals surface area contributed by atoms with Crippen LogP contribution in [0.5, 0.6) is 5.75 Å². The van der Waals surface area contributed by atoms with E-state index in [1.54, 1.807) is 14.2 Å². The standard InChI is InChI=1S/C31H42N4O3/c1-5-34(6-2)26-14-11-23(12-15-26)21-35-22-25(19-29(35)31(36)32-17-18-37-3)33-20-24-13-16-30(38-4)28-10-8-7-9-27(24)28/h7-16,25,29,33H,5-6,17-22H2,1-4H3,(H,32,36)/t25-,29-/m0/s1. The molecule has 204 valence electrons. The maximum atomic E-state index is 13.2. The molecule has 1 saturated heterocycles. The van der Waals surface area contributed by atoms with Gasteiger partial charge in [0.25, 0.3) is 0 Å². The summed E-state index contributed by atoms with van der Waals surface area (Å²) in [6.07, 6.45) is 0.768. The minimum atomic E-state index is -0.181. The third-order valence-corrected chi connectivity index (χ3v) is 7.54. The van der Waals surface area contributed by atoms with E-state index in [-0.39, 0.29) is 18.0 Å². The SMILES string of the molecule is CCN(CC)c1ccc(CN2C[C@@H](NCc3ccc(OC)c4ccccc34)C[C@H]2C(=O)NCCOC)cc1. The molecule has 38 heavy (non-hydrogen) atoms. The maximum Gasteiger partial charge on any atom is 0.237 e. The number of carbonyl (C=O) groups is 1. The zero-order valence-corrected chi connectivity index (χ0v) is 23.2. The lowest BCUT2D eigenvalue weighted by Crippen LogP contribution is -2.43. The Kier molecular flexibility index (Phi) is 9.98. The van der Waals surface area contributed by atoms with Gasteiger partial charge in [-0.25, -0.2) is 0 Å². The molecule has 2 atom stereocenters. The molecule has 1 fully saturated rings. The number of hydrogen-bond donors (Lipinski definition) is 2. The minimum Gasteiger partial charge on any atom is -0.496 e. The summed E-state index contributed by atoms with van der Waals surface area (Å²) in [6, 6.07) is 21.3. The number of likely N-dealkylation sites (tertiary alicyclic amines) is 1. The number of ether oxygens (including phenoxy) is 2. The molecule has 0 unspecified atom stereocenters. The first-order valence-electron chi connectivity index (χ1n) is 13.7. The van der Waals surface area contributed by atoms with Crippen molar-refractivity contribution in [3.63, 3.8) is 0 Å². The molecular weight excluding hydrogens is 476 g/mol. The molecule has 7 heteroatoms. The lowest BCUT2D eigenvalue weighted by atomic mass is 10.0. The van der Waals surface area contributed by atoms with Gasteiger partial charge in [-0.3, -0.25) is 9.69 Å². The molecule has 1 aliphatic heterocycles. The molecule has 0 radical (unpaired) electrons. The van der Waals surface area contributed by atoms with Gasteiger partial charge in [-0.15, -0.1) is 0 Å². The normalized spacial score (nSPS) is 17.6. The molecule has 1 heterocycles. The van der Waals surface area contributed by atoms with Crippen LogP contribution in [0.25, 0.3) is 10.8 Å². The van der Waals surface area contributed by atoms with Gasteiger partial charge in [-0.1, -0.05) is 42.5 Å². The zero-order valence-electron chi connectivity index (χ0n) is 23.2. The van der Waals surface area contributed by atoms with Gasteiger partial charge in [0.1, 0.15) is 5.75 Å². The van der Waals surface area contributed by atoms with E-state index in [0.717, 1.165) is 50.3 Å². The van der Waals surface area contributed by atoms with Crippen molar-refractivity contribution in [3.8, 4) is 5.75 Å². The van der Waals surface area contributed by atoms with Gasteiger partial charge in [0.15, 0.2) is 0 Å². The van der Waals surface area contributed by atoms with Crippen LogP contribution in [0.2, 0.25) is 0 Å². The Labute approximate surface area is 227 Å². The van der Waals surface area contributed by atoms with Crippen molar-refractivity contribution >= 4 is 22.4 Å². The molecule has 0 spiro atoms. The number of rotatable bonds is 13. The fraction of sp³-hybridized carbons (Fsp3) is 0.452. The molecule has 1 amide bonds. The third kappa shape index (κ3) is 6.65. The number of carbonyl (C=O) groups excluding carboxylic acids is 1. The topological polar surface area (TPSA) is 66.1 Å². The van der Waals surface area contributed by atoms with Crippen LogP contribution in [0.4, 0.5) is 5.69 Å². The summed E-state index contributed by atoms with van der Waals surface area (Å²) in [5, 5.41) is 9.11. The second kappa shape index (κ2) is 13.6. The van der Waals surface area contributed by atoms with E-state index in [1.165, 1.54) is 22.2 Å². The van der Waals surface area contributed by atoms with E-state index in [1.807, 2.05) is 12.1 Å². The highest BCUT2D eigenvalue weighted by molar-refractivity contribution is 5.91. The molecule has 0 aliphatic carbocycles. The molecule has 2 N–H and O–H groups in total. The van der Waals surface area contributed by atoms with Crippen molar-refractivity contribution in [1.29, 1.82) is 0 Å². The van der Waals surface area contributed by atoms with E-state index in [4.69, 9.17) is 9.47 Å². The first-order chi connectivity index (χ1) is 18.6. The number of methoxy groups -OCH3 is 2. The molecule has 0 aromatic heterocycles. The Hall–Kier alpha value is -3.13. The summed E-state index contributed by atoms with van der Waals surface area (Å²) in [5.41, 5.74) is 3.69. The fourth-order valence-electron chi connectivity index (χ4n) is 5.45. The highest BCUT2D eigenvalue weighted by Gasteiger charge is 2.36. The van der Waals surface area contributed by atoms with E-state index in [2.05, 4.69) is 82.8 Å². The smallest absolute Gasteiger partial charge is 0.237 e. The Morgan fingerprint density at radius 2 is 1.74 bits per heavy atom. The summed E-state index contributed by atoms with van der Waals surface area (Å²) < 4.78 is 10.7. The van der Waals surface area contributed by atoms with Crippen molar-refractivity contribution in [1.82, 2.24) is 15.5 Å². The Morgan fingerprint density at radius 1 is 1.00 bits per heavy atom. The van der Waals surface area contributed by atoms with Crippen molar-refractivity contribution in [2.24, 2.45) is 0 Å². The van der Waals surface area contributed by atoms with Gasteiger partial charge < -0.3 is 25.0 Å². The van der Waals surface area contributed by atoms with Gasteiger partial charge in [0.05, 0.1) is 19.8 Å². The average molecular weight is 519 g/mol. The van der Waals surface area contributed by atoms with Gasteiger partial charge in [0.2, 0.25) is 5.91 Å². The molecule has 0 saturated carbocycles. The van der Waals surface area contributed by atoms with Crippen LogP contribution in [0.1, 0.15) is 31.4 Å². The number of benzene rings is 3. The van der Waals surface area contributed by atoms with Crippen LogP contribution >= 0.6 is 0 Å². The molecule has 7 nitrogen and oxygen atoms in total. The number of amides is 1. The Balaban J connectivity index is 1.46. The molecule has 4 rings (SSSR count). The first-order valence-corrected chi connectivity index (χ1v) is 13.7. The quantitative estimate of drug-likeness (QED) is 0.331. The summed E-state index contributed by atoms with van der Waals surface area (Å²) in [5.74, 6) is 0.956. The zero-order chi connectivity index (χ0) is 26.9. The van der Waals surface area contributed by atoms with Crippen LogP contribution in [-0.4, -0.2) is 69.9 Å². The number of nitrogens with zero attached hydrogens (tertiary/aromatic N) is 2. The van der Waals surface area contributed by atoms with Gasteiger partial charge in [-0.05, 0) is 55.0 Å². The Bertz CT molecular complexity index is 1180. The van der Waals surface area contributed by atoms with Gasteiger partial charge >= 0.3 is 0 Å². The van der Waals surface area contributed by atoms with Crippen molar-refractivity contribution in [3.05, 3.63) is 71.8 Å². The van der Waals surface area contributed by atoms with Crippen molar-refractivity contribution in [2.75, 3.05) is 51.9 Å². The number of anilines is 1. The number of fused-ring (bicyclic) bond motifs is 1. The third-order valence-electron chi connectivity index (χ3n) is 7.54. The first kappa shape index (κ1) is 27.9. The summed E-state index contributed by atoms with van der Waals surface area (Å²) in [6.45, 7) is 9.65. The van der Waals surface area contributed by atoms with E-state index in [9.17, 15) is 4.79 Å². The average Bonchev–Trinajstić information content (AvgIpc) is 3.36. The number of hydrogen-bond acceptors (Lipinski definition) is 6. The monoisotopic (exact) mass is 518 g/mol. The predicted octanol–water partition coefficient (Wildman–Crippen LogP) is 4.19. The molecule has 3 aromatic rings. The lowest BCUT2D eigenvalue weighted by Gasteiger charge is -2.25. The second-order valence-corrected chi connectivity index (χ2v) is 9.85. The maximum absolute atomic E-state index is 13.2. The highest BCUT2D eigenvalue weighted by Crippen LogP contribution is 2.29. The fourth-order valence-corrected chi connectivity index (χ4v) is 5.45. The predicted molar refractivity (Wildman–Crippen MR) is 155 cm³/mol. The van der Waals surface area contributed by atoms with Crippen LogP contribution in [-0.2, 0) is 22.6 Å². The van der Waals surface area contributed by atoms with Crippen LogP contribution in [0, 0.1) is 0 Å². The van der Waals surface area contributed by atoms with Crippen LogP contribution < -0.4 is 20.3 Å². The lowest BCUT2D eigenvalue weighted by molar-refractivity contribution is -0.125. The van der Waals surface area contributed by atoms with Gasteiger partial charge in [-0.2, -0.15) is 0 Å². The number of nitrogens with one attached hydrogen (secondary N) is 2. The van der Waals surface area contributed by atoms with Crippen LogP contribution in [0.15, 0.2) is 60.7 Å². The highest BCUT2D eigenvalue weighted by atomic mass is 16.5. The largest absolute Gasteiger partial charge is 0.496 e. The minimum absolute atomic E-state index is 0.0704. The van der Waals surface area contributed by atoms with Gasteiger partial charge in [0, 0.05) is 63.5 Å². The molecular formula is C31H42N4O3. The van der Waals surface area contributed by atoms with E-state index >= 15 is 0 Å². The van der Waals surface area contributed by atoms with E-state index in [0.29, 0.717) is 13.2 Å². The summed E-state index contributed by atoms with van der Waals surface area (Å²) in [4.78, 5) is 17.8. The Morgan fingerprint density at radius 3 is 2.42 bits per heavy atom. The molecule has 1 aliphatic rings. The van der Waals surface area contributed by atoms with E-state index < -0.39 is 0 Å². The molecule has 0 bridgehead atoms. The second-order valence-electron chi connectivity index (χ2n) is 9.85. The summed E-state index contributed by atoms with van der Waals surface area (Å²) in [7, 11) is 3.36.